The third-order valence-corrected chi connectivity index (χ3v) is 15.4. The monoisotopic (exact) mass is 886 g/mol. The van der Waals surface area contributed by atoms with Crippen LogP contribution in [0.5, 0.6) is 0 Å². The number of rotatable bonds is 19. The van der Waals surface area contributed by atoms with E-state index in [4.69, 9.17) is 0 Å². The lowest BCUT2D eigenvalue weighted by Gasteiger charge is -2.10. The molecule has 1 aromatic carbocycles. The van der Waals surface area contributed by atoms with Crippen LogP contribution in [-0.4, -0.2) is 0 Å². The molecule has 0 amide bonds. The molecule has 0 N–H and O–H groups in total. The van der Waals surface area contributed by atoms with Gasteiger partial charge in [-0.15, -0.1) is 45.3 Å². The first-order chi connectivity index (χ1) is 24.2. The van der Waals surface area contributed by atoms with E-state index < -0.39 is 34.4 Å². The first-order valence-electron chi connectivity index (χ1n) is 17.8. The fourth-order valence-electron chi connectivity index (χ4n) is 6.31. The van der Waals surface area contributed by atoms with Crippen molar-refractivity contribution < 1.29 is 17.6 Å². The molecule has 50 heavy (non-hydrogen) atoms. The molecule has 0 saturated heterocycles. The molecule has 4 aromatic heterocycles. The van der Waals surface area contributed by atoms with Gasteiger partial charge in [0.25, 0.3) is 0 Å². The third-order valence-electron chi connectivity index (χ3n) is 9.05. The third kappa shape index (κ3) is 9.43. The van der Waals surface area contributed by atoms with Crippen molar-refractivity contribution in [1.29, 1.82) is 0 Å². The zero-order valence-corrected chi connectivity index (χ0v) is 35.3. The maximum Gasteiger partial charge on any atom is 0.171 e. The molecule has 0 aliphatic heterocycles. The summed E-state index contributed by atoms with van der Waals surface area (Å²) in [5, 5.41) is 0. The molecule has 0 fully saturated rings. The number of halogens is 6. The molecular formula is C40H44Br2F4S4. The smallest absolute Gasteiger partial charge is 0.171 e. The Bertz CT molecular complexity index is 1840. The van der Waals surface area contributed by atoms with E-state index in [0.717, 1.165) is 115 Å². The molecule has 0 unspecified atom stereocenters. The average molecular weight is 889 g/mol. The van der Waals surface area contributed by atoms with E-state index in [1.807, 2.05) is 12.1 Å². The van der Waals surface area contributed by atoms with Crippen molar-refractivity contribution in [3.8, 4) is 40.4 Å². The van der Waals surface area contributed by atoms with Crippen molar-refractivity contribution in [3.63, 3.8) is 0 Å². The van der Waals surface area contributed by atoms with Crippen LogP contribution in [-0.2, 0) is 19.3 Å². The molecule has 4 heterocycles. The van der Waals surface area contributed by atoms with E-state index in [-0.39, 0.29) is 9.75 Å². The van der Waals surface area contributed by atoms with Crippen LogP contribution in [0.3, 0.4) is 0 Å². The minimum absolute atomic E-state index is 0.202. The largest absolute Gasteiger partial charge is 0.203 e. The lowest BCUT2D eigenvalue weighted by atomic mass is 10.0. The fraction of sp³-hybridized carbons (Fsp3) is 0.450. The van der Waals surface area contributed by atoms with Gasteiger partial charge in [-0.05, 0) is 117 Å². The summed E-state index contributed by atoms with van der Waals surface area (Å²) < 4.78 is 66.6. The van der Waals surface area contributed by atoms with Gasteiger partial charge in [0.05, 0.1) is 18.7 Å². The predicted molar refractivity (Wildman–Crippen MR) is 218 cm³/mol. The summed E-state index contributed by atoms with van der Waals surface area (Å²) in [6, 6.07) is 9.56. The molecule has 0 spiro atoms. The van der Waals surface area contributed by atoms with Crippen molar-refractivity contribution in [2.45, 2.75) is 117 Å². The maximum atomic E-state index is 16.2. The van der Waals surface area contributed by atoms with Crippen LogP contribution in [0.15, 0.2) is 37.9 Å². The quantitative estimate of drug-likeness (QED) is 0.0440. The normalized spacial score (nSPS) is 11.7. The average Bonchev–Trinajstić information content (AvgIpc) is 3.90. The summed E-state index contributed by atoms with van der Waals surface area (Å²) in [7, 11) is 0. The highest BCUT2D eigenvalue weighted by atomic mass is 79.9. The topological polar surface area (TPSA) is 0 Å². The molecule has 0 bridgehead atoms. The van der Waals surface area contributed by atoms with Gasteiger partial charge in [-0.2, -0.15) is 0 Å². The molecule has 0 radical (unpaired) electrons. The summed E-state index contributed by atoms with van der Waals surface area (Å²) >= 11 is 12.8. The molecule has 270 valence electrons. The second-order valence-electron chi connectivity index (χ2n) is 12.9. The van der Waals surface area contributed by atoms with Gasteiger partial charge in [0.1, 0.15) is 0 Å². The Morgan fingerprint density at radius 3 is 1.30 bits per heavy atom. The van der Waals surface area contributed by atoms with E-state index in [0.29, 0.717) is 0 Å². The van der Waals surface area contributed by atoms with Crippen LogP contribution in [0.1, 0.15) is 115 Å². The number of aryl methyl sites for hydroxylation is 3. The Morgan fingerprint density at radius 2 is 0.880 bits per heavy atom. The van der Waals surface area contributed by atoms with Crippen LogP contribution in [0.2, 0.25) is 0 Å². The van der Waals surface area contributed by atoms with Crippen LogP contribution in [0.25, 0.3) is 40.4 Å². The second kappa shape index (κ2) is 19.2. The Labute approximate surface area is 327 Å². The summed E-state index contributed by atoms with van der Waals surface area (Å²) in [5.41, 5.74) is 1.89. The summed E-state index contributed by atoms with van der Waals surface area (Å²) in [6.07, 6.45) is 15.4. The second-order valence-corrected chi connectivity index (χ2v) is 19.8. The molecule has 0 nitrogen and oxygen atoms in total. The van der Waals surface area contributed by atoms with Crippen molar-refractivity contribution in [1.82, 2.24) is 0 Å². The van der Waals surface area contributed by atoms with Gasteiger partial charge in [-0.25, -0.2) is 17.6 Å². The maximum absolute atomic E-state index is 16.2. The van der Waals surface area contributed by atoms with Crippen LogP contribution in [0.4, 0.5) is 17.6 Å². The molecule has 5 aromatic rings. The predicted octanol–water partition coefficient (Wildman–Crippen LogP) is 17.1. The highest BCUT2D eigenvalue weighted by Crippen LogP contribution is 2.49. The number of hydrogen-bond donors (Lipinski definition) is 0. The lowest BCUT2D eigenvalue weighted by Crippen LogP contribution is -2.02. The summed E-state index contributed by atoms with van der Waals surface area (Å²) in [4.78, 5) is 4.19. The van der Waals surface area contributed by atoms with Gasteiger partial charge in [-0.3, -0.25) is 0 Å². The SMILES string of the molecule is CCCCCCc1cc(-c2sc(-c3c(F)c(F)c(-c4cc(CCCCCC)c(-c5ccc(Br)s5)s4)c(F)c3F)cc2CCCCCC)sc1Br. The van der Waals surface area contributed by atoms with Gasteiger partial charge in [0, 0.05) is 29.3 Å². The van der Waals surface area contributed by atoms with Crippen molar-refractivity contribution in [2.24, 2.45) is 0 Å². The Kier molecular flexibility index (Phi) is 15.3. The van der Waals surface area contributed by atoms with Gasteiger partial charge >= 0.3 is 0 Å². The van der Waals surface area contributed by atoms with E-state index in [9.17, 15) is 0 Å². The highest BCUT2D eigenvalue weighted by molar-refractivity contribution is 9.11. The van der Waals surface area contributed by atoms with Crippen molar-refractivity contribution in [2.75, 3.05) is 0 Å². The van der Waals surface area contributed by atoms with Crippen LogP contribution < -0.4 is 0 Å². The number of hydrogen-bond acceptors (Lipinski definition) is 4. The minimum Gasteiger partial charge on any atom is -0.203 e. The van der Waals surface area contributed by atoms with E-state index in [2.05, 4.69) is 58.7 Å². The number of thiophene rings is 4. The number of benzene rings is 1. The van der Waals surface area contributed by atoms with Gasteiger partial charge in [0.15, 0.2) is 23.3 Å². The summed E-state index contributed by atoms with van der Waals surface area (Å²) in [6.45, 7) is 6.50. The molecule has 0 saturated carbocycles. The number of unbranched alkanes of at least 4 members (excludes halogenated alkanes) is 9. The molecule has 10 heteroatoms. The van der Waals surface area contributed by atoms with E-state index in [1.54, 1.807) is 23.5 Å². The molecular weight excluding hydrogens is 845 g/mol. The Morgan fingerprint density at radius 1 is 0.460 bits per heavy atom. The molecule has 0 atom stereocenters. The Hall–Kier alpha value is -1.30. The molecule has 0 aliphatic carbocycles. The molecule has 5 rings (SSSR count). The zero-order valence-electron chi connectivity index (χ0n) is 28.9. The lowest BCUT2D eigenvalue weighted by molar-refractivity contribution is 0.463. The summed E-state index contributed by atoms with van der Waals surface area (Å²) in [5.74, 6) is -5.37. The van der Waals surface area contributed by atoms with E-state index in [1.165, 1.54) is 58.8 Å². The highest BCUT2D eigenvalue weighted by Gasteiger charge is 2.30. The first-order valence-corrected chi connectivity index (χ1v) is 22.7. The zero-order chi connectivity index (χ0) is 35.8. The molecule has 0 aliphatic rings. The fourth-order valence-corrected chi connectivity index (χ4v) is 12.2. The van der Waals surface area contributed by atoms with Crippen LogP contribution >= 0.6 is 77.2 Å². The Balaban J connectivity index is 1.54. The van der Waals surface area contributed by atoms with Crippen molar-refractivity contribution >= 4 is 77.2 Å². The van der Waals surface area contributed by atoms with E-state index >= 15 is 17.6 Å². The first kappa shape index (κ1) is 39.9. The van der Waals surface area contributed by atoms with Crippen LogP contribution in [0, 0.1) is 23.3 Å². The van der Waals surface area contributed by atoms with Crippen molar-refractivity contribution in [3.05, 3.63) is 77.9 Å². The minimum atomic E-state index is -1.34. The van der Waals surface area contributed by atoms with Gasteiger partial charge in [-0.1, -0.05) is 78.6 Å². The standard InChI is InChI=1S/C40H44Br2F4S4/c1-4-7-10-13-16-24-21-28(48-38(24)27-19-20-31(41)47-27)32-34(43)36(45)33(37(46)35(32)44)29-22-25(17-14-11-8-5-2)39(49-29)30-23-26(40(42)50-30)18-15-12-9-6-3/h19-23H,4-18H2,1-3H3. The van der Waals surface area contributed by atoms with Gasteiger partial charge in [0.2, 0.25) is 0 Å². The van der Waals surface area contributed by atoms with Gasteiger partial charge < -0.3 is 0 Å².